The molecular formula is C19H23N5O3. The first kappa shape index (κ1) is 17.5. The van der Waals surface area contributed by atoms with E-state index in [-0.39, 0.29) is 24.6 Å². The van der Waals surface area contributed by atoms with Crippen molar-refractivity contribution in [3.8, 4) is 11.3 Å². The molecule has 8 nitrogen and oxygen atoms in total. The van der Waals surface area contributed by atoms with Crippen LogP contribution in [0.4, 0.5) is 4.79 Å². The second-order valence-electron chi connectivity index (χ2n) is 6.91. The van der Waals surface area contributed by atoms with Crippen LogP contribution in [0.25, 0.3) is 11.3 Å². The Kier molecular flexibility index (Phi) is 5.04. The van der Waals surface area contributed by atoms with Crippen molar-refractivity contribution in [1.29, 1.82) is 0 Å². The molecule has 4 rings (SSSR count). The Bertz CT molecular complexity index is 799. The molecule has 2 aromatic rings. The van der Waals surface area contributed by atoms with Crippen molar-refractivity contribution < 1.29 is 14.3 Å². The summed E-state index contributed by atoms with van der Waals surface area (Å²) in [5, 5.41) is 4.47. The van der Waals surface area contributed by atoms with Gasteiger partial charge in [0.15, 0.2) is 0 Å². The highest BCUT2D eigenvalue weighted by Crippen LogP contribution is 2.20. The lowest BCUT2D eigenvalue weighted by Gasteiger charge is -2.39. The minimum absolute atomic E-state index is 0.0514. The van der Waals surface area contributed by atoms with E-state index < -0.39 is 0 Å². The molecule has 4 heterocycles. The zero-order valence-corrected chi connectivity index (χ0v) is 15.2. The van der Waals surface area contributed by atoms with Crippen molar-refractivity contribution >= 4 is 12.0 Å². The topological polar surface area (TPSA) is 80.6 Å². The number of aromatic nitrogens is 3. The Morgan fingerprint density at radius 3 is 2.81 bits per heavy atom. The molecule has 142 valence electrons. The van der Waals surface area contributed by atoms with Gasteiger partial charge in [-0.3, -0.25) is 14.5 Å². The van der Waals surface area contributed by atoms with Crippen LogP contribution in [0.15, 0.2) is 36.8 Å². The van der Waals surface area contributed by atoms with Gasteiger partial charge in [0.25, 0.3) is 0 Å². The van der Waals surface area contributed by atoms with Gasteiger partial charge in [-0.15, -0.1) is 0 Å². The van der Waals surface area contributed by atoms with Gasteiger partial charge in [-0.05, 0) is 37.5 Å². The summed E-state index contributed by atoms with van der Waals surface area (Å²) in [6.07, 6.45) is 7.54. The second kappa shape index (κ2) is 7.77. The smallest absolute Gasteiger partial charge is 0.410 e. The zero-order valence-electron chi connectivity index (χ0n) is 15.2. The fourth-order valence-corrected chi connectivity index (χ4v) is 3.68. The summed E-state index contributed by atoms with van der Waals surface area (Å²) in [6.45, 7) is 2.80. The number of amides is 2. The van der Waals surface area contributed by atoms with Gasteiger partial charge in [0, 0.05) is 49.8 Å². The predicted molar refractivity (Wildman–Crippen MR) is 97.7 cm³/mol. The lowest BCUT2D eigenvalue weighted by Crippen LogP contribution is -2.51. The molecule has 0 N–H and O–H groups in total. The molecule has 2 aliphatic rings. The van der Waals surface area contributed by atoms with E-state index in [0.29, 0.717) is 19.7 Å². The Balaban J connectivity index is 1.31. The SMILES string of the molecule is O=C(Cn1ccc(-c2cccnc2)n1)N1CCC(N2CCCOC2=O)CC1. The van der Waals surface area contributed by atoms with Crippen molar-refractivity contribution in [2.45, 2.75) is 31.8 Å². The number of carbonyl (C=O) groups is 2. The molecule has 2 aliphatic heterocycles. The van der Waals surface area contributed by atoms with Gasteiger partial charge < -0.3 is 14.5 Å². The van der Waals surface area contributed by atoms with E-state index in [9.17, 15) is 9.59 Å². The van der Waals surface area contributed by atoms with Crippen molar-refractivity contribution in [3.05, 3.63) is 36.8 Å². The highest BCUT2D eigenvalue weighted by Gasteiger charge is 2.31. The molecule has 0 atom stereocenters. The molecule has 0 spiro atoms. The highest BCUT2D eigenvalue weighted by molar-refractivity contribution is 5.76. The molecule has 0 aromatic carbocycles. The minimum atomic E-state index is -0.217. The van der Waals surface area contributed by atoms with E-state index >= 15 is 0 Å². The number of ether oxygens (including phenoxy) is 1. The first-order valence-electron chi connectivity index (χ1n) is 9.36. The van der Waals surface area contributed by atoms with Crippen LogP contribution in [0.2, 0.25) is 0 Å². The average Bonchev–Trinajstić information content (AvgIpc) is 3.18. The lowest BCUT2D eigenvalue weighted by atomic mass is 10.0. The standard InChI is InChI=1S/C19H23N5O3/c25-18(14-23-11-6-17(21-23)15-3-1-7-20-13-15)22-9-4-16(5-10-22)24-8-2-12-27-19(24)26/h1,3,6-7,11,13,16H,2,4-5,8-10,12,14H2. The van der Waals surface area contributed by atoms with Crippen LogP contribution in [0.1, 0.15) is 19.3 Å². The van der Waals surface area contributed by atoms with Crippen LogP contribution < -0.4 is 0 Å². The lowest BCUT2D eigenvalue weighted by molar-refractivity contribution is -0.133. The first-order valence-corrected chi connectivity index (χ1v) is 9.36. The third-order valence-corrected chi connectivity index (χ3v) is 5.16. The maximum atomic E-state index is 12.6. The van der Waals surface area contributed by atoms with Crippen molar-refractivity contribution in [2.75, 3.05) is 26.2 Å². The fourth-order valence-electron chi connectivity index (χ4n) is 3.68. The van der Waals surface area contributed by atoms with Crippen molar-refractivity contribution in [2.24, 2.45) is 0 Å². The first-order chi connectivity index (χ1) is 13.2. The van der Waals surface area contributed by atoms with Crippen LogP contribution in [-0.4, -0.2) is 68.8 Å². The number of hydrogen-bond acceptors (Lipinski definition) is 5. The number of carbonyl (C=O) groups excluding carboxylic acids is 2. The molecule has 2 amide bonds. The highest BCUT2D eigenvalue weighted by atomic mass is 16.6. The number of cyclic esters (lactones) is 1. The largest absolute Gasteiger partial charge is 0.449 e. The monoisotopic (exact) mass is 369 g/mol. The number of piperidine rings is 1. The summed E-state index contributed by atoms with van der Waals surface area (Å²) >= 11 is 0. The summed E-state index contributed by atoms with van der Waals surface area (Å²) in [6, 6.07) is 5.86. The summed E-state index contributed by atoms with van der Waals surface area (Å²) in [5.41, 5.74) is 1.73. The third kappa shape index (κ3) is 3.94. The Hall–Kier alpha value is -2.90. The zero-order chi connectivity index (χ0) is 18.6. The Morgan fingerprint density at radius 1 is 1.22 bits per heavy atom. The van der Waals surface area contributed by atoms with Gasteiger partial charge >= 0.3 is 6.09 Å². The molecule has 27 heavy (non-hydrogen) atoms. The molecule has 2 fully saturated rings. The summed E-state index contributed by atoms with van der Waals surface area (Å²) in [5.74, 6) is 0.0514. The van der Waals surface area contributed by atoms with Crippen LogP contribution >= 0.6 is 0 Å². The summed E-state index contributed by atoms with van der Waals surface area (Å²) < 4.78 is 6.79. The van der Waals surface area contributed by atoms with E-state index in [1.165, 1.54) is 0 Å². The Morgan fingerprint density at radius 2 is 2.07 bits per heavy atom. The predicted octanol–water partition coefficient (Wildman–Crippen LogP) is 1.78. The maximum Gasteiger partial charge on any atom is 0.410 e. The van der Waals surface area contributed by atoms with E-state index in [0.717, 1.165) is 37.1 Å². The third-order valence-electron chi connectivity index (χ3n) is 5.16. The molecule has 0 unspecified atom stereocenters. The normalized spacial score (nSPS) is 18.4. The molecule has 2 aromatic heterocycles. The van der Waals surface area contributed by atoms with Gasteiger partial charge in [-0.1, -0.05) is 0 Å². The summed E-state index contributed by atoms with van der Waals surface area (Å²) in [4.78, 5) is 32.3. The number of likely N-dealkylation sites (tertiary alicyclic amines) is 1. The fraction of sp³-hybridized carbons (Fsp3) is 0.474. The molecule has 0 aliphatic carbocycles. The Labute approximate surface area is 157 Å². The van der Waals surface area contributed by atoms with Gasteiger partial charge in [-0.25, -0.2) is 4.79 Å². The van der Waals surface area contributed by atoms with Crippen molar-refractivity contribution in [3.63, 3.8) is 0 Å². The van der Waals surface area contributed by atoms with E-state index in [2.05, 4.69) is 10.1 Å². The molecular weight excluding hydrogens is 346 g/mol. The number of hydrogen-bond donors (Lipinski definition) is 0. The number of rotatable bonds is 4. The molecule has 0 radical (unpaired) electrons. The van der Waals surface area contributed by atoms with Crippen LogP contribution in [0.3, 0.4) is 0 Å². The second-order valence-corrected chi connectivity index (χ2v) is 6.91. The van der Waals surface area contributed by atoms with Gasteiger partial charge in [0.1, 0.15) is 6.54 Å². The maximum absolute atomic E-state index is 12.6. The summed E-state index contributed by atoms with van der Waals surface area (Å²) in [7, 11) is 0. The average molecular weight is 369 g/mol. The number of nitrogens with zero attached hydrogens (tertiary/aromatic N) is 5. The van der Waals surface area contributed by atoms with Crippen LogP contribution in [0.5, 0.6) is 0 Å². The molecule has 0 saturated carbocycles. The quantitative estimate of drug-likeness (QED) is 0.821. The van der Waals surface area contributed by atoms with Gasteiger partial charge in [0.05, 0.1) is 12.3 Å². The van der Waals surface area contributed by atoms with Crippen LogP contribution in [0, 0.1) is 0 Å². The van der Waals surface area contributed by atoms with Crippen LogP contribution in [-0.2, 0) is 16.1 Å². The minimum Gasteiger partial charge on any atom is -0.449 e. The molecule has 8 heteroatoms. The van der Waals surface area contributed by atoms with Crippen molar-refractivity contribution in [1.82, 2.24) is 24.6 Å². The van der Waals surface area contributed by atoms with Gasteiger partial charge in [-0.2, -0.15) is 5.10 Å². The van der Waals surface area contributed by atoms with Gasteiger partial charge in [0.2, 0.25) is 5.91 Å². The molecule has 0 bridgehead atoms. The number of pyridine rings is 1. The van der Waals surface area contributed by atoms with E-state index in [1.807, 2.05) is 34.2 Å². The molecule has 2 saturated heterocycles. The van der Waals surface area contributed by atoms with E-state index in [4.69, 9.17) is 4.74 Å². The van der Waals surface area contributed by atoms with E-state index in [1.54, 1.807) is 17.1 Å².